The van der Waals surface area contributed by atoms with Crippen LogP contribution in [-0.2, 0) is 11.3 Å². The van der Waals surface area contributed by atoms with Crippen molar-refractivity contribution < 1.29 is 18.7 Å². The lowest BCUT2D eigenvalue weighted by Crippen LogP contribution is -2.58. The highest BCUT2D eigenvalue weighted by Gasteiger charge is 2.32. The molecule has 2 aromatic rings. The van der Waals surface area contributed by atoms with Crippen LogP contribution in [0.25, 0.3) is 0 Å². The molecule has 0 unspecified atom stereocenters. The lowest BCUT2D eigenvalue weighted by Gasteiger charge is -2.44. The Kier molecular flexibility index (Phi) is 10.2. The van der Waals surface area contributed by atoms with Crippen molar-refractivity contribution in [1.82, 2.24) is 9.80 Å². The molecule has 1 heterocycles. The fourth-order valence-corrected chi connectivity index (χ4v) is 4.35. The summed E-state index contributed by atoms with van der Waals surface area (Å²) >= 11 is 0. The highest BCUT2D eigenvalue weighted by Crippen LogP contribution is 2.21. The van der Waals surface area contributed by atoms with Crippen LogP contribution in [0.15, 0.2) is 48.5 Å². The number of ether oxygens (including phenoxy) is 2. The van der Waals surface area contributed by atoms with Crippen LogP contribution in [0, 0.1) is 5.82 Å². The predicted octanol–water partition coefficient (Wildman–Crippen LogP) is 5.68. The van der Waals surface area contributed by atoms with Crippen LogP contribution in [0.1, 0.15) is 58.4 Å². The molecule has 0 radical (unpaired) electrons. The highest BCUT2D eigenvalue weighted by molar-refractivity contribution is 5.78. The number of benzene rings is 2. The van der Waals surface area contributed by atoms with Crippen LogP contribution in [0.3, 0.4) is 0 Å². The maximum absolute atomic E-state index is 13.2. The first-order chi connectivity index (χ1) is 16.5. The maximum atomic E-state index is 13.2. The van der Waals surface area contributed by atoms with E-state index in [2.05, 4.69) is 25.7 Å². The van der Waals surface area contributed by atoms with Crippen LogP contribution in [0.2, 0.25) is 0 Å². The third kappa shape index (κ3) is 8.01. The summed E-state index contributed by atoms with van der Waals surface area (Å²) in [6.45, 7) is 9.32. The van der Waals surface area contributed by atoms with Crippen molar-refractivity contribution in [3.63, 3.8) is 0 Å². The number of carbonyl (C=O) groups is 1. The molecule has 34 heavy (non-hydrogen) atoms. The number of halogens is 1. The van der Waals surface area contributed by atoms with E-state index in [4.69, 9.17) is 9.47 Å². The lowest BCUT2D eigenvalue weighted by atomic mass is 10.1. The van der Waals surface area contributed by atoms with Crippen LogP contribution < -0.4 is 9.47 Å². The van der Waals surface area contributed by atoms with Gasteiger partial charge in [-0.25, -0.2) is 4.39 Å². The fourth-order valence-electron chi connectivity index (χ4n) is 4.35. The number of amides is 1. The van der Waals surface area contributed by atoms with E-state index in [1.54, 1.807) is 0 Å². The molecular weight excluding hydrogens is 431 g/mol. The quantitative estimate of drug-likeness (QED) is 0.375. The van der Waals surface area contributed by atoms with Gasteiger partial charge in [-0.15, -0.1) is 0 Å². The summed E-state index contributed by atoms with van der Waals surface area (Å²) in [7, 11) is 0. The summed E-state index contributed by atoms with van der Waals surface area (Å²) in [6, 6.07) is 14.4. The molecular formula is C28H39FN2O3. The number of piperazine rings is 1. The Hall–Kier alpha value is -2.60. The van der Waals surface area contributed by atoms with E-state index in [1.807, 2.05) is 41.3 Å². The minimum Gasteiger partial charge on any atom is -0.494 e. The van der Waals surface area contributed by atoms with E-state index in [-0.39, 0.29) is 30.4 Å². The standard InChI is InChI=1S/C28H39FN2O3/c1-4-5-6-7-8-17-33-26-13-15-27(16-14-26)34-21-28(32)31-19-22(2)30(18-23(31)3)20-24-9-11-25(29)12-10-24/h9-16,22-23H,4-8,17-21H2,1-3H3/t22-,23+/m1/s1. The van der Waals surface area contributed by atoms with Crippen molar-refractivity contribution in [2.24, 2.45) is 0 Å². The first kappa shape index (κ1) is 26.0. The lowest BCUT2D eigenvalue weighted by molar-refractivity contribution is -0.139. The van der Waals surface area contributed by atoms with Gasteiger partial charge in [0.05, 0.1) is 6.61 Å². The predicted molar refractivity (Wildman–Crippen MR) is 134 cm³/mol. The number of rotatable bonds is 12. The third-order valence-corrected chi connectivity index (χ3v) is 6.44. The van der Waals surface area contributed by atoms with Crippen molar-refractivity contribution in [3.05, 3.63) is 59.9 Å². The molecule has 1 amide bonds. The van der Waals surface area contributed by atoms with Gasteiger partial charge in [-0.2, -0.15) is 0 Å². The van der Waals surface area contributed by atoms with E-state index in [1.165, 1.54) is 37.8 Å². The van der Waals surface area contributed by atoms with Crippen molar-refractivity contribution in [2.75, 3.05) is 26.3 Å². The second kappa shape index (κ2) is 13.3. The van der Waals surface area contributed by atoms with Gasteiger partial charge in [0.1, 0.15) is 17.3 Å². The van der Waals surface area contributed by atoms with Gasteiger partial charge in [0.25, 0.3) is 5.91 Å². The number of hydrogen-bond acceptors (Lipinski definition) is 4. The third-order valence-electron chi connectivity index (χ3n) is 6.44. The molecule has 2 aromatic carbocycles. The molecule has 1 fully saturated rings. The number of hydrogen-bond donors (Lipinski definition) is 0. The highest BCUT2D eigenvalue weighted by atomic mass is 19.1. The Morgan fingerprint density at radius 3 is 2.21 bits per heavy atom. The van der Waals surface area contributed by atoms with Crippen molar-refractivity contribution in [1.29, 1.82) is 0 Å². The van der Waals surface area contributed by atoms with Gasteiger partial charge in [-0.3, -0.25) is 9.69 Å². The molecule has 1 aliphatic rings. The minimum absolute atomic E-state index is 0.00631. The van der Waals surface area contributed by atoms with Crippen LogP contribution >= 0.6 is 0 Å². The number of unbranched alkanes of at least 4 members (excludes halogenated alkanes) is 4. The molecule has 0 aliphatic carbocycles. The summed E-state index contributed by atoms with van der Waals surface area (Å²) in [5, 5.41) is 0. The Balaban J connectivity index is 1.41. The molecule has 6 heteroatoms. The minimum atomic E-state index is -0.222. The Labute approximate surface area is 203 Å². The van der Waals surface area contributed by atoms with Crippen molar-refractivity contribution in [3.8, 4) is 11.5 Å². The average molecular weight is 471 g/mol. The van der Waals surface area contributed by atoms with Gasteiger partial charge >= 0.3 is 0 Å². The zero-order valence-corrected chi connectivity index (χ0v) is 20.8. The summed E-state index contributed by atoms with van der Waals surface area (Å²) < 4.78 is 24.7. The molecule has 1 aliphatic heterocycles. The fraction of sp³-hybridized carbons (Fsp3) is 0.536. The van der Waals surface area contributed by atoms with E-state index < -0.39 is 0 Å². The molecule has 5 nitrogen and oxygen atoms in total. The molecule has 0 bridgehead atoms. The molecule has 186 valence electrons. The van der Waals surface area contributed by atoms with Crippen molar-refractivity contribution >= 4 is 5.91 Å². The average Bonchev–Trinajstić information content (AvgIpc) is 2.84. The second-order valence-electron chi connectivity index (χ2n) is 9.32. The van der Waals surface area contributed by atoms with Gasteiger partial charge in [0.15, 0.2) is 6.61 Å². The Bertz CT molecular complexity index is 872. The molecule has 0 spiro atoms. The Morgan fingerprint density at radius 1 is 0.882 bits per heavy atom. The topological polar surface area (TPSA) is 42.0 Å². The van der Waals surface area contributed by atoms with Gasteiger partial charge in [0.2, 0.25) is 0 Å². The zero-order valence-electron chi connectivity index (χ0n) is 20.8. The molecule has 3 rings (SSSR count). The maximum Gasteiger partial charge on any atom is 0.260 e. The SMILES string of the molecule is CCCCCCCOc1ccc(OCC(=O)N2C[C@@H](C)N(Cc3ccc(F)cc3)C[C@@H]2C)cc1. The largest absolute Gasteiger partial charge is 0.494 e. The van der Waals surface area contributed by atoms with Crippen LogP contribution in [0.5, 0.6) is 11.5 Å². The molecule has 0 saturated carbocycles. The summed E-state index contributed by atoms with van der Waals surface area (Å²) in [5.41, 5.74) is 1.08. The monoisotopic (exact) mass is 470 g/mol. The van der Waals surface area contributed by atoms with E-state index in [9.17, 15) is 9.18 Å². The number of nitrogens with zero attached hydrogens (tertiary/aromatic N) is 2. The zero-order chi connectivity index (χ0) is 24.3. The summed E-state index contributed by atoms with van der Waals surface area (Å²) in [4.78, 5) is 17.1. The van der Waals surface area contributed by atoms with Crippen LogP contribution in [-0.4, -0.2) is 54.1 Å². The first-order valence-electron chi connectivity index (χ1n) is 12.6. The summed E-state index contributed by atoms with van der Waals surface area (Å²) in [5.74, 6) is 1.27. The van der Waals surface area contributed by atoms with E-state index in [0.717, 1.165) is 37.4 Å². The summed E-state index contributed by atoms with van der Waals surface area (Å²) in [6.07, 6.45) is 6.07. The normalized spacial score (nSPS) is 18.6. The van der Waals surface area contributed by atoms with Gasteiger partial charge in [-0.05, 0) is 62.2 Å². The Morgan fingerprint density at radius 2 is 1.53 bits per heavy atom. The van der Waals surface area contributed by atoms with Gasteiger partial charge in [-0.1, -0.05) is 44.7 Å². The van der Waals surface area contributed by atoms with E-state index in [0.29, 0.717) is 12.3 Å². The van der Waals surface area contributed by atoms with E-state index >= 15 is 0 Å². The van der Waals surface area contributed by atoms with Crippen molar-refractivity contribution in [2.45, 2.75) is 71.5 Å². The smallest absolute Gasteiger partial charge is 0.260 e. The van der Waals surface area contributed by atoms with Crippen LogP contribution in [0.4, 0.5) is 4.39 Å². The molecule has 0 N–H and O–H groups in total. The first-order valence-corrected chi connectivity index (χ1v) is 12.6. The molecule has 2 atom stereocenters. The van der Waals surface area contributed by atoms with Gasteiger partial charge < -0.3 is 14.4 Å². The number of carbonyl (C=O) groups excluding carboxylic acids is 1. The van der Waals surface area contributed by atoms with Gasteiger partial charge in [0, 0.05) is 31.7 Å². The second-order valence-corrected chi connectivity index (χ2v) is 9.32. The molecule has 1 saturated heterocycles. The molecule has 0 aromatic heterocycles.